The Labute approximate surface area is 252 Å². The molecule has 12 nitrogen and oxygen atoms in total. The van der Waals surface area contributed by atoms with E-state index in [0.717, 1.165) is 64.2 Å². The molecule has 4 rings (SSSR count). The van der Waals surface area contributed by atoms with Crippen LogP contribution in [0.3, 0.4) is 0 Å². The van der Waals surface area contributed by atoms with Crippen molar-refractivity contribution in [2.24, 2.45) is 11.5 Å². The molecule has 0 bridgehead atoms. The average Bonchev–Trinajstić information content (AvgIpc) is 3.59. The second-order valence-corrected chi connectivity index (χ2v) is 14.1. The van der Waals surface area contributed by atoms with E-state index in [2.05, 4.69) is 10.6 Å². The van der Waals surface area contributed by atoms with Crippen LogP contribution in [-0.2, 0) is 9.47 Å². The lowest BCUT2D eigenvalue weighted by Gasteiger charge is -2.21. The van der Waals surface area contributed by atoms with Gasteiger partial charge >= 0.3 is 12.2 Å². The van der Waals surface area contributed by atoms with E-state index in [1.54, 1.807) is 0 Å². The molecule has 42 heavy (non-hydrogen) atoms. The molecule has 4 fully saturated rings. The van der Waals surface area contributed by atoms with E-state index >= 15 is 0 Å². The van der Waals surface area contributed by atoms with Crippen molar-refractivity contribution >= 4 is 12.2 Å². The van der Waals surface area contributed by atoms with Gasteiger partial charge in [-0.15, -0.1) is 0 Å². The third-order valence-corrected chi connectivity index (χ3v) is 7.14. The molecule has 4 aliphatic rings. The Hall–Kier alpha value is -1.70. The fraction of sp³-hybridized carbons (Fsp3) is 0.933. The highest BCUT2D eigenvalue weighted by Crippen LogP contribution is 2.20. The van der Waals surface area contributed by atoms with Crippen LogP contribution in [0.2, 0.25) is 0 Å². The quantitative estimate of drug-likeness (QED) is 0.231. The molecule has 2 amide bonds. The SMILES string of the molecule is CC(C)(C)OC(=O)N[C@@H]1CC[C@H](O)C1.CC(C)(C)OC(=O)N[C@H]1CC[C@@H](O)C1.N[C@@H]1CC[C@H](O)C1.N[C@H]1CC[C@@H](O)C1. The van der Waals surface area contributed by atoms with E-state index in [9.17, 15) is 19.8 Å². The molecule has 0 aromatic carbocycles. The monoisotopic (exact) mass is 604 g/mol. The normalized spacial score (nSPS) is 32.3. The summed E-state index contributed by atoms with van der Waals surface area (Å²) in [5.41, 5.74) is 10.0. The van der Waals surface area contributed by atoms with E-state index in [-0.39, 0.29) is 48.6 Å². The smallest absolute Gasteiger partial charge is 0.407 e. The minimum atomic E-state index is -0.457. The van der Waals surface area contributed by atoms with Crippen molar-refractivity contribution < 1.29 is 39.5 Å². The lowest BCUT2D eigenvalue weighted by atomic mass is 10.2. The number of aliphatic hydroxyl groups is 4. The van der Waals surface area contributed by atoms with Gasteiger partial charge in [-0.25, -0.2) is 9.59 Å². The number of nitrogens with two attached hydrogens (primary N) is 2. The van der Waals surface area contributed by atoms with Crippen molar-refractivity contribution in [2.45, 2.75) is 178 Å². The Bertz CT molecular complexity index is 708. The molecular formula is C30H60N4O8. The summed E-state index contributed by atoms with van der Waals surface area (Å²) in [6.45, 7) is 11.0. The van der Waals surface area contributed by atoms with Crippen LogP contribution in [0.4, 0.5) is 9.59 Å². The fourth-order valence-electron chi connectivity index (χ4n) is 5.11. The van der Waals surface area contributed by atoms with Gasteiger partial charge in [0.25, 0.3) is 0 Å². The van der Waals surface area contributed by atoms with Crippen LogP contribution in [0, 0.1) is 0 Å². The van der Waals surface area contributed by atoms with Gasteiger partial charge in [0.15, 0.2) is 0 Å². The van der Waals surface area contributed by atoms with Gasteiger partial charge in [-0.1, -0.05) is 0 Å². The van der Waals surface area contributed by atoms with Crippen molar-refractivity contribution in [3.63, 3.8) is 0 Å². The lowest BCUT2D eigenvalue weighted by molar-refractivity contribution is 0.0489. The zero-order chi connectivity index (χ0) is 32.1. The maximum Gasteiger partial charge on any atom is 0.407 e. The van der Waals surface area contributed by atoms with Gasteiger partial charge in [-0.2, -0.15) is 0 Å². The first-order valence-electron chi connectivity index (χ1n) is 15.5. The molecule has 0 aromatic heterocycles. The van der Waals surface area contributed by atoms with Crippen LogP contribution in [0.15, 0.2) is 0 Å². The van der Waals surface area contributed by atoms with Gasteiger partial charge in [-0.3, -0.25) is 0 Å². The number of aliphatic hydroxyl groups excluding tert-OH is 4. The van der Waals surface area contributed by atoms with E-state index in [4.69, 9.17) is 31.2 Å². The average molecular weight is 605 g/mol. The maximum atomic E-state index is 11.3. The number of rotatable bonds is 2. The van der Waals surface area contributed by atoms with Gasteiger partial charge in [-0.05, 0) is 119 Å². The first kappa shape index (κ1) is 38.3. The van der Waals surface area contributed by atoms with Crippen LogP contribution in [0.5, 0.6) is 0 Å². The third kappa shape index (κ3) is 19.5. The van der Waals surface area contributed by atoms with Gasteiger partial charge in [0.05, 0.1) is 24.4 Å². The summed E-state index contributed by atoms with van der Waals surface area (Å²) in [5.74, 6) is 0. The molecule has 0 aliphatic heterocycles. The van der Waals surface area contributed by atoms with E-state index in [0.29, 0.717) is 12.8 Å². The molecule has 0 aromatic rings. The number of carbonyl (C=O) groups excluding carboxylic acids is 2. The molecule has 10 N–H and O–H groups in total. The van der Waals surface area contributed by atoms with Crippen LogP contribution in [-0.4, -0.2) is 92.4 Å². The highest BCUT2D eigenvalue weighted by atomic mass is 16.6. The summed E-state index contributed by atoms with van der Waals surface area (Å²) in [4.78, 5) is 22.6. The van der Waals surface area contributed by atoms with Crippen molar-refractivity contribution in [3.8, 4) is 0 Å². The number of amides is 2. The Morgan fingerprint density at radius 3 is 1.00 bits per heavy atom. The maximum absolute atomic E-state index is 11.3. The zero-order valence-electron chi connectivity index (χ0n) is 26.7. The minimum Gasteiger partial charge on any atom is -0.444 e. The predicted octanol–water partition coefficient (Wildman–Crippen LogP) is 2.57. The van der Waals surface area contributed by atoms with Crippen LogP contribution < -0.4 is 22.1 Å². The lowest BCUT2D eigenvalue weighted by Crippen LogP contribution is -2.38. The number of alkyl carbamates (subject to hydrolysis) is 2. The number of carbonyl (C=O) groups is 2. The first-order chi connectivity index (χ1) is 19.3. The van der Waals surface area contributed by atoms with Gasteiger partial charge < -0.3 is 52.0 Å². The molecule has 0 spiro atoms. The highest BCUT2D eigenvalue weighted by Gasteiger charge is 2.27. The summed E-state index contributed by atoms with van der Waals surface area (Å²) in [5, 5.41) is 41.6. The minimum absolute atomic E-state index is 0.0693. The van der Waals surface area contributed by atoms with E-state index in [1.807, 2.05) is 41.5 Å². The second-order valence-electron chi connectivity index (χ2n) is 14.1. The molecule has 248 valence electrons. The number of nitrogens with one attached hydrogen (secondary N) is 2. The zero-order valence-corrected chi connectivity index (χ0v) is 26.7. The number of hydrogen-bond donors (Lipinski definition) is 8. The Morgan fingerprint density at radius 2 is 0.833 bits per heavy atom. The molecule has 8 atom stereocenters. The standard InChI is InChI=1S/2C10H19NO3.2C5H11NO/c2*1-10(2,3)14-9(13)11-7-4-5-8(12)6-7;2*6-4-1-2-5(7)3-4/h2*7-8,12H,4-6H2,1-3H3,(H,11,13);2*4-5,7H,1-3,6H2/t2*7-,8+;2*4-,5+/m1010/s1. The fourth-order valence-corrected chi connectivity index (χ4v) is 5.11. The molecule has 0 heterocycles. The summed E-state index contributed by atoms with van der Waals surface area (Å²) in [6, 6.07) is 0.685. The summed E-state index contributed by atoms with van der Waals surface area (Å²) in [7, 11) is 0. The molecule has 12 heteroatoms. The Kier molecular flexibility index (Phi) is 16.6. The summed E-state index contributed by atoms with van der Waals surface area (Å²) < 4.78 is 10.2. The number of ether oxygens (including phenoxy) is 2. The molecular weight excluding hydrogens is 544 g/mol. The van der Waals surface area contributed by atoms with Gasteiger partial charge in [0.1, 0.15) is 11.2 Å². The summed E-state index contributed by atoms with van der Waals surface area (Å²) in [6.07, 6.45) is 8.37. The van der Waals surface area contributed by atoms with Crippen LogP contribution in [0.25, 0.3) is 0 Å². The number of hydrogen-bond acceptors (Lipinski definition) is 10. The molecule has 4 aliphatic carbocycles. The van der Waals surface area contributed by atoms with Crippen molar-refractivity contribution in [1.29, 1.82) is 0 Å². The molecule has 0 saturated heterocycles. The molecule has 4 saturated carbocycles. The van der Waals surface area contributed by atoms with Gasteiger partial charge in [0.2, 0.25) is 0 Å². The highest BCUT2D eigenvalue weighted by molar-refractivity contribution is 5.68. The van der Waals surface area contributed by atoms with Crippen molar-refractivity contribution in [3.05, 3.63) is 0 Å². The van der Waals surface area contributed by atoms with Crippen molar-refractivity contribution in [1.82, 2.24) is 10.6 Å². The summed E-state index contributed by atoms with van der Waals surface area (Å²) >= 11 is 0. The third-order valence-electron chi connectivity index (χ3n) is 7.14. The predicted molar refractivity (Wildman–Crippen MR) is 162 cm³/mol. The Morgan fingerprint density at radius 1 is 0.548 bits per heavy atom. The van der Waals surface area contributed by atoms with Crippen LogP contribution in [0.1, 0.15) is 119 Å². The topological polar surface area (TPSA) is 210 Å². The van der Waals surface area contributed by atoms with E-state index in [1.165, 1.54) is 0 Å². The molecule has 0 unspecified atom stereocenters. The van der Waals surface area contributed by atoms with Crippen LogP contribution >= 0.6 is 0 Å². The second kappa shape index (κ2) is 18.2. The van der Waals surface area contributed by atoms with Crippen molar-refractivity contribution in [2.75, 3.05) is 0 Å². The van der Waals surface area contributed by atoms with Gasteiger partial charge in [0, 0.05) is 24.2 Å². The largest absolute Gasteiger partial charge is 0.444 e. The Balaban J connectivity index is 0.000000294. The first-order valence-corrected chi connectivity index (χ1v) is 15.5. The van der Waals surface area contributed by atoms with E-state index < -0.39 is 23.4 Å². The molecule has 0 radical (unpaired) electrons.